The van der Waals surface area contributed by atoms with Gasteiger partial charge < -0.3 is 9.47 Å². The van der Waals surface area contributed by atoms with Crippen LogP contribution in [0.3, 0.4) is 0 Å². The zero-order valence-corrected chi connectivity index (χ0v) is 15.6. The molecule has 30 heavy (non-hydrogen) atoms. The highest BCUT2D eigenvalue weighted by molar-refractivity contribution is 5.81. The summed E-state index contributed by atoms with van der Waals surface area (Å²) in [5.74, 6) is 0.919. The second-order valence-corrected chi connectivity index (χ2v) is 5.76. The van der Waals surface area contributed by atoms with Crippen molar-refractivity contribution in [1.29, 1.82) is 0 Å². The van der Waals surface area contributed by atoms with Crippen molar-refractivity contribution in [3.63, 3.8) is 0 Å². The summed E-state index contributed by atoms with van der Waals surface area (Å²) in [5.41, 5.74) is 2.50. The minimum absolute atomic E-state index is 0.151. The van der Waals surface area contributed by atoms with Crippen molar-refractivity contribution >= 4 is 23.4 Å². The number of nitrogens with one attached hydrogen (secondary N) is 1. The molecule has 0 atom stereocenters. The first-order valence-electron chi connectivity index (χ1n) is 8.47. The van der Waals surface area contributed by atoms with Gasteiger partial charge in [-0.1, -0.05) is 6.07 Å². The van der Waals surface area contributed by atoms with Gasteiger partial charge in [-0.3, -0.25) is 25.7 Å². The predicted molar refractivity (Wildman–Crippen MR) is 108 cm³/mol. The van der Waals surface area contributed by atoms with Gasteiger partial charge in [0, 0.05) is 12.3 Å². The first kappa shape index (κ1) is 20.2. The maximum Gasteiger partial charge on any atom is 0.318 e. The lowest BCUT2D eigenvalue weighted by Gasteiger charge is -2.11. The van der Waals surface area contributed by atoms with Gasteiger partial charge in [0.2, 0.25) is 5.75 Å². The molecular weight excluding hydrogens is 394 g/mol. The van der Waals surface area contributed by atoms with Gasteiger partial charge in [-0.2, -0.15) is 5.10 Å². The highest BCUT2D eigenvalue weighted by Gasteiger charge is 2.22. The molecular formula is C19H15N5O6. The first-order chi connectivity index (χ1) is 14.5. The Labute approximate surface area is 169 Å². The highest BCUT2D eigenvalue weighted by Crippen LogP contribution is 2.38. The minimum atomic E-state index is -0.751. The van der Waals surface area contributed by atoms with Crippen LogP contribution < -0.4 is 14.9 Å². The molecule has 1 heterocycles. The van der Waals surface area contributed by atoms with Crippen molar-refractivity contribution in [1.82, 2.24) is 4.98 Å². The Hall–Kier alpha value is -4.54. The van der Waals surface area contributed by atoms with Crippen molar-refractivity contribution in [2.45, 2.75) is 0 Å². The molecule has 2 aromatic carbocycles. The van der Waals surface area contributed by atoms with E-state index in [2.05, 4.69) is 15.5 Å². The molecule has 0 amide bonds. The number of hydrazone groups is 1. The van der Waals surface area contributed by atoms with E-state index in [0.29, 0.717) is 17.1 Å². The van der Waals surface area contributed by atoms with Gasteiger partial charge in [0.05, 0.1) is 29.2 Å². The van der Waals surface area contributed by atoms with Crippen LogP contribution in [0.15, 0.2) is 65.9 Å². The van der Waals surface area contributed by atoms with Gasteiger partial charge >= 0.3 is 5.69 Å². The number of benzene rings is 2. The van der Waals surface area contributed by atoms with E-state index in [0.717, 1.165) is 12.1 Å². The quantitative estimate of drug-likeness (QED) is 0.332. The van der Waals surface area contributed by atoms with Gasteiger partial charge in [-0.25, -0.2) is 4.98 Å². The average Bonchev–Trinajstić information content (AvgIpc) is 2.75. The highest BCUT2D eigenvalue weighted by atomic mass is 16.6. The lowest BCUT2D eigenvalue weighted by Crippen LogP contribution is -1.98. The van der Waals surface area contributed by atoms with Crippen LogP contribution in [0.25, 0.3) is 0 Å². The lowest BCUT2D eigenvalue weighted by atomic mass is 10.2. The molecule has 1 aromatic heterocycles. The topological polar surface area (TPSA) is 142 Å². The zero-order chi connectivity index (χ0) is 21.5. The fraction of sp³-hybridized carbons (Fsp3) is 0.0526. The minimum Gasteiger partial charge on any atom is -0.493 e. The van der Waals surface area contributed by atoms with E-state index in [1.54, 1.807) is 36.5 Å². The van der Waals surface area contributed by atoms with Gasteiger partial charge in [0.1, 0.15) is 5.82 Å². The molecule has 0 aliphatic carbocycles. The molecule has 152 valence electrons. The number of nitro groups is 2. The Morgan fingerprint density at radius 1 is 1.00 bits per heavy atom. The number of rotatable bonds is 8. The first-order valence-corrected chi connectivity index (χ1v) is 8.47. The van der Waals surface area contributed by atoms with E-state index in [4.69, 9.17) is 9.47 Å². The Morgan fingerprint density at radius 2 is 1.80 bits per heavy atom. The smallest absolute Gasteiger partial charge is 0.318 e. The SMILES string of the molecule is COc1cc(/C=N\Nc2ccccn2)ccc1Oc1ccc([N+](=O)[O-])cc1[N+](=O)[O-]. The molecule has 0 aliphatic rings. The van der Waals surface area contributed by atoms with E-state index in [-0.39, 0.29) is 11.5 Å². The Morgan fingerprint density at radius 3 is 2.47 bits per heavy atom. The van der Waals surface area contributed by atoms with Crippen LogP contribution in [0.1, 0.15) is 5.56 Å². The molecule has 0 radical (unpaired) electrons. The number of methoxy groups -OCH3 is 1. The van der Waals surface area contributed by atoms with E-state index < -0.39 is 21.2 Å². The molecule has 0 saturated heterocycles. The van der Waals surface area contributed by atoms with Gasteiger partial charge in [0.15, 0.2) is 11.5 Å². The molecule has 3 rings (SSSR count). The molecule has 0 spiro atoms. The van der Waals surface area contributed by atoms with Crippen molar-refractivity contribution < 1.29 is 19.3 Å². The van der Waals surface area contributed by atoms with E-state index in [1.807, 2.05) is 6.07 Å². The summed E-state index contributed by atoms with van der Waals surface area (Å²) < 4.78 is 10.9. The summed E-state index contributed by atoms with van der Waals surface area (Å²) in [4.78, 5) is 24.7. The molecule has 0 unspecified atom stereocenters. The molecule has 3 aromatic rings. The molecule has 0 bridgehead atoms. The standard InChI is InChI=1S/C19H15N5O6/c1-29-18-10-13(12-21-22-19-4-2-3-9-20-19)5-7-17(18)30-16-8-6-14(23(25)26)11-15(16)24(27)28/h2-12H,1H3,(H,20,22)/b21-12-. The third-order valence-electron chi connectivity index (χ3n) is 3.82. The van der Waals surface area contributed by atoms with Crippen molar-refractivity contribution in [3.05, 3.63) is 86.6 Å². The molecule has 0 fully saturated rings. The molecule has 0 aliphatic heterocycles. The van der Waals surface area contributed by atoms with Crippen LogP contribution in [-0.4, -0.2) is 28.2 Å². The summed E-state index contributed by atoms with van der Waals surface area (Å²) in [7, 11) is 1.42. The summed E-state index contributed by atoms with van der Waals surface area (Å²) in [5, 5.41) is 26.2. The van der Waals surface area contributed by atoms with Crippen LogP contribution in [0.2, 0.25) is 0 Å². The van der Waals surface area contributed by atoms with Gasteiger partial charge in [-0.05, 0) is 42.0 Å². The number of pyridine rings is 1. The lowest BCUT2D eigenvalue weighted by molar-refractivity contribution is -0.394. The molecule has 11 heteroatoms. The normalized spacial score (nSPS) is 10.6. The van der Waals surface area contributed by atoms with Gasteiger partial charge in [0.25, 0.3) is 5.69 Å². The van der Waals surface area contributed by atoms with Crippen LogP contribution in [0.5, 0.6) is 17.2 Å². The zero-order valence-electron chi connectivity index (χ0n) is 15.6. The fourth-order valence-electron chi connectivity index (χ4n) is 2.42. The third kappa shape index (κ3) is 4.84. The van der Waals surface area contributed by atoms with Crippen molar-refractivity contribution in [2.75, 3.05) is 12.5 Å². The Kier molecular flexibility index (Phi) is 6.13. The van der Waals surface area contributed by atoms with Crippen LogP contribution in [0, 0.1) is 20.2 Å². The summed E-state index contributed by atoms with van der Waals surface area (Å²) in [6.07, 6.45) is 3.17. The number of non-ortho nitro benzene ring substituents is 1. The average molecular weight is 409 g/mol. The Balaban J connectivity index is 1.82. The monoisotopic (exact) mass is 409 g/mol. The fourth-order valence-corrected chi connectivity index (χ4v) is 2.42. The Bertz CT molecular complexity index is 1100. The van der Waals surface area contributed by atoms with E-state index in [1.165, 1.54) is 19.4 Å². The summed E-state index contributed by atoms with van der Waals surface area (Å²) >= 11 is 0. The number of anilines is 1. The number of nitro benzene ring substituents is 2. The van der Waals surface area contributed by atoms with Crippen molar-refractivity contribution in [3.8, 4) is 17.2 Å². The van der Waals surface area contributed by atoms with Crippen LogP contribution in [-0.2, 0) is 0 Å². The third-order valence-corrected chi connectivity index (χ3v) is 3.82. The number of hydrogen-bond acceptors (Lipinski definition) is 9. The maximum absolute atomic E-state index is 11.3. The van der Waals surface area contributed by atoms with E-state index >= 15 is 0 Å². The molecule has 1 N–H and O–H groups in total. The maximum atomic E-state index is 11.3. The molecule has 0 saturated carbocycles. The number of aromatic nitrogens is 1. The van der Waals surface area contributed by atoms with Gasteiger partial charge in [-0.15, -0.1) is 0 Å². The van der Waals surface area contributed by atoms with Crippen LogP contribution in [0.4, 0.5) is 17.2 Å². The van der Waals surface area contributed by atoms with Crippen LogP contribution >= 0.6 is 0 Å². The second kappa shape index (κ2) is 9.10. The second-order valence-electron chi connectivity index (χ2n) is 5.76. The number of nitrogens with zero attached hydrogens (tertiary/aromatic N) is 4. The van der Waals surface area contributed by atoms with Crippen molar-refractivity contribution in [2.24, 2.45) is 5.10 Å². The summed E-state index contributed by atoms with van der Waals surface area (Å²) in [6.45, 7) is 0. The summed E-state index contributed by atoms with van der Waals surface area (Å²) in [6, 6.07) is 13.3. The number of ether oxygens (including phenoxy) is 2. The van der Waals surface area contributed by atoms with E-state index in [9.17, 15) is 20.2 Å². The predicted octanol–water partition coefficient (Wildman–Crippen LogP) is 4.14. The largest absolute Gasteiger partial charge is 0.493 e. The molecule has 11 nitrogen and oxygen atoms in total. The number of hydrogen-bond donors (Lipinski definition) is 1.